The van der Waals surface area contributed by atoms with E-state index in [2.05, 4.69) is 27.0 Å². The van der Waals surface area contributed by atoms with Crippen molar-refractivity contribution in [1.29, 1.82) is 0 Å². The number of ketones is 1. The maximum Gasteiger partial charge on any atom is 0.161 e. The Kier molecular flexibility index (Phi) is 3.83. The van der Waals surface area contributed by atoms with E-state index in [4.69, 9.17) is 5.10 Å². The van der Waals surface area contributed by atoms with Crippen molar-refractivity contribution in [3.8, 4) is 0 Å². The van der Waals surface area contributed by atoms with E-state index in [-0.39, 0.29) is 16.2 Å². The van der Waals surface area contributed by atoms with Crippen LogP contribution in [0.2, 0.25) is 0 Å². The van der Waals surface area contributed by atoms with Crippen LogP contribution in [0.5, 0.6) is 0 Å². The molecule has 1 aromatic rings. The quantitative estimate of drug-likeness (QED) is 0.671. The van der Waals surface area contributed by atoms with Gasteiger partial charge in [-0.25, -0.2) is 0 Å². The zero-order valence-electron chi connectivity index (χ0n) is 21.4. The fourth-order valence-electron chi connectivity index (χ4n) is 12.3. The zero-order valence-corrected chi connectivity index (χ0v) is 21.4. The number of carbonyl (C=O) groups excluding carboxylic acids is 1. The summed E-state index contributed by atoms with van der Waals surface area (Å²) in [5.74, 6) is 5.98. The lowest BCUT2D eigenvalue weighted by atomic mass is 9.48. The van der Waals surface area contributed by atoms with Crippen molar-refractivity contribution in [2.45, 2.75) is 104 Å². The van der Waals surface area contributed by atoms with Crippen molar-refractivity contribution in [2.24, 2.45) is 57.7 Å². The number of rotatable bonds is 3. The summed E-state index contributed by atoms with van der Waals surface area (Å²) in [5, 5.41) is 15.6. The molecule has 2 bridgehead atoms. The molecule has 11 unspecified atom stereocenters. The smallest absolute Gasteiger partial charge is 0.161 e. The number of aryl methyl sites for hydroxylation is 2. The Bertz CT molecular complexity index is 1070. The van der Waals surface area contributed by atoms with Gasteiger partial charge in [-0.2, -0.15) is 5.10 Å². The normalized spacial score (nSPS) is 55.9. The molecule has 4 nitrogen and oxygen atoms in total. The summed E-state index contributed by atoms with van der Waals surface area (Å²) in [4.78, 5) is 14.1. The fraction of sp³-hybridized carbons (Fsp3) is 0.867. The minimum Gasteiger partial charge on any atom is -0.390 e. The van der Waals surface area contributed by atoms with Gasteiger partial charge in [-0.15, -0.1) is 0 Å². The molecule has 8 aliphatic rings. The van der Waals surface area contributed by atoms with Crippen LogP contribution in [-0.4, -0.2) is 26.3 Å². The SMILES string of the molecule is CC1(O)CCC2C(CCC3C2CCC2(C)C3C3C4C3(C)C42C(=O)Cn2cc3c(n2)CCCC3)C1. The highest BCUT2D eigenvalue weighted by molar-refractivity contribution is 5.95. The number of carbonyl (C=O) groups is 1. The highest BCUT2D eigenvalue weighted by Crippen LogP contribution is 3.06. The van der Waals surface area contributed by atoms with E-state index in [9.17, 15) is 9.90 Å². The lowest BCUT2D eigenvalue weighted by Gasteiger charge is -2.56. The van der Waals surface area contributed by atoms with Crippen LogP contribution in [0.25, 0.3) is 0 Å². The second kappa shape index (κ2) is 6.21. The molecule has 1 aromatic heterocycles. The Labute approximate surface area is 204 Å². The average molecular weight is 463 g/mol. The number of fused-ring (bicyclic) bond motifs is 4. The molecule has 0 spiro atoms. The van der Waals surface area contributed by atoms with Crippen LogP contribution in [0.15, 0.2) is 6.20 Å². The van der Waals surface area contributed by atoms with Gasteiger partial charge in [0.25, 0.3) is 0 Å². The van der Waals surface area contributed by atoms with Gasteiger partial charge < -0.3 is 5.11 Å². The third kappa shape index (κ3) is 2.20. The van der Waals surface area contributed by atoms with Crippen molar-refractivity contribution in [3.63, 3.8) is 0 Å². The molecule has 8 aliphatic carbocycles. The van der Waals surface area contributed by atoms with E-state index in [0.29, 0.717) is 18.2 Å². The van der Waals surface area contributed by atoms with Crippen molar-refractivity contribution in [1.82, 2.24) is 9.78 Å². The fourth-order valence-corrected chi connectivity index (χ4v) is 12.3. The van der Waals surface area contributed by atoms with Crippen molar-refractivity contribution < 1.29 is 9.90 Å². The molecule has 1 heterocycles. The molecule has 0 saturated heterocycles. The van der Waals surface area contributed by atoms with E-state index in [1.807, 2.05) is 4.68 Å². The van der Waals surface area contributed by atoms with Gasteiger partial charge in [0.2, 0.25) is 0 Å². The third-order valence-electron chi connectivity index (χ3n) is 13.4. The Morgan fingerprint density at radius 2 is 1.79 bits per heavy atom. The van der Waals surface area contributed by atoms with Gasteiger partial charge in [0.15, 0.2) is 5.78 Å². The zero-order chi connectivity index (χ0) is 23.3. The topological polar surface area (TPSA) is 55.1 Å². The number of hydrogen-bond acceptors (Lipinski definition) is 3. The van der Waals surface area contributed by atoms with Crippen LogP contribution >= 0.6 is 0 Å². The Hall–Kier alpha value is -1.16. The monoisotopic (exact) mass is 462 g/mol. The number of aromatic nitrogens is 2. The molecule has 7 saturated carbocycles. The van der Waals surface area contributed by atoms with Gasteiger partial charge in [-0.1, -0.05) is 13.8 Å². The first-order valence-electron chi connectivity index (χ1n) is 14.5. The van der Waals surface area contributed by atoms with E-state index in [1.165, 1.54) is 56.2 Å². The van der Waals surface area contributed by atoms with Gasteiger partial charge in [-0.3, -0.25) is 9.48 Å². The standard InChI is InChI=1S/C30H42N2O2/c1-27(34)12-10-19-17(14-27)8-9-21-20(19)11-13-28(2)24(21)25-26-29(25,3)30(26,28)23(33)16-32-15-18-6-4-5-7-22(18)31-32/h15,17,19-21,24-26,34H,4-14,16H2,1-3H3. The second-order valence-corrected chi connectivity index (χ2v) is 14.6. The largest absolute Gasteiger partial charge is 0.390 e. The first-order chi connectivity index (χ1) is 16.2. The molecular weight excluding hydrogens is 420 g/mol. The summed E-state index contributed by atoms with van der Waals surface area (Å²) in [6, 6.07) is 0. The van der Waals surface area contributed by atoms with Gasteiger partial charge in [0.1, 0.15) is 6.54 Å². The molecule has 34 heavy (non-hydrogen) atoms. The van der Waals surface area contributed by atoms with E-state index in [0.717, 1.165) is 61.2 Å². The summed E-state index contributed by atoms with van der Waals surface area (Å²) < 4.78 is 2.02. The number of nitrogens with zero attached hydrogens (tertiary/aromatic N) is 2. The maximum absolute atomic E-state index is 14.1. The van der Waals surface area contributed by atoms with Crippen molar-refractivity contribution in [3.05, 3.63) is 17.5 Å². The summed E-state index contributed by atoms with van der Waals surface area (Å²) in [5.41, 5.74) is 2.64. The Morgan fingerprint density at radius 3 is 2.59 bits per heavy atom. The first-order valence-corrected chi connectivity index (χ1v) is 14.5. The molecular formula is C30H42N2O2. The molecule has 184 valence electrons. The lowest BCUT2D eigenvalue weighted by molar-refractivity contribution is -0.137. The predicted octanol–water partition coefficient (Wildman–Crippen LogP) is 5.21. The molecule has 0 radical (unpaired) electrons. The van der Waals surface area contributed by atoms with Gasteiger partial charge in [0.05, 0.1) is 11.3 Å². The molecule has 11 atom stereocenters. The highest BCUT2D eigenvalue weighted by atomic mass is 16.3. The summed E-state index contributed by atoms with van der Waals surface area (Å²) >= 11 is 0. The van der Waals surface area contributed by atoms with Crippen LogP contribution in [0.3, 0.4) is 0 Å². The second-order valence-electron chi connectivity index (χ2n) is 14.6. The van der Waals surface area contributed by atoms with Crippen LogP contribution in [-0.2, 0) is 24.2 Å². The average Bonchev–Trinajstić information content (AvgIpc) is 3.37. The number of aliphatic hydroxyl groups is 1. The number of hydrogen-bond donors (Lipinski definition) is 1. The van der Waals surface area contributed by atoms with Crippen molar-refractivity contribution in [2.75, 3.05) is 0 Å². The number of Topliss-reactive ketones (excluding diaryl/α,β-unsaturated/α-hetero) is 1. The molecule has 0 aromatic carbocycles. The van der Waals surface area contributed by atoms with Crippen molar-refractivity contribution >= 4 is 5.78 Å². The van der Waals surface area contributed by atoms with E-state index >= 15 is 0 Å². The lowest BCUT2D eigenvalue weighted by Crippen LogP contribution is -2.51. The van der Waals surface area contributed by atoms with Crippen LogP contribution < -0.4 is 0 Å². The molecule has 7 fully saturated rings. The minimum absolute atomic E-state index is 0.0557. The van der Waals surface area contributed by atoms with Gasteiger partial charge >= 0.3 is 0 Å². The molecule has 1 N–H and O–H groups in total. The van der Waals surface area contributed by atoms with Crippen LogP contribution in [0, 0.1) is 57.7 Å². The minimum atomic E-state index is -0.439. The Morgan fingerprint density at radius 1 is 1.03 bits per heavy atom. The van der Waals surface area contributed by atoms with E-state index in [1.54, 1.807) is 0 Å². The van der Waals surface area contributed by atoms with Crippen LogP contribution in [0.1, 0.15) is 89.8 Å². The highest BCUT2D eigenvalue weighted by Gasteiger charge is 3.05. The summed E-state index contributed by atoms with van der Waals surface area (Å²) in [6.07, 6.45) is 15.4. The maximum atomic E-state index is 14.1. The van der Waals surface area contributed by atoms with Gasteiger partial charge in [0, 0.05) is 11.6 Å². The molecule has 0 aliphatic heterocycles. The Balaban J connectivity index is 1.07. The molecule has 9 rings (SSSR count). The van der Waals surface area contributed by atoms with Gasteiger partial charge in [-0.05, 0) is 135 Å². The first kappa shape index (κ1) is 21.0. The third-order valence-corrected chi connectivity index (χ3v) is 13.4. The summed E-state index contributed by atoms with van der Waals surface area (Å²) in [6.45, 7) is 7.59. The molecule has 0 amide bonds. The van der Waals surface area contributed by atoms with Crippen LogP contribution in [0.4, 0.5) is 0 Å². The van der Waals surface area contributed by atoms with E-state index < -0.39 is 5.60 Å². The molecule has 4 heteroatoms. The summed E-state index contributed by atoms with van der Waals surface area (Å²) in [7, 11) is 0. The predicted molar refractivity (Wildman–Crippen MR) is 130 cm³/mol.